The summed E-state index contributed by atoms with van der Waals surface area (Å²) in [7, 11) is 1.47. The summed E-state index contributed by atoms with van der Waals surface area (Å²) < 4.78 is 14.7. The van der Waals surface area contributed by atoms with E-state index in [0.29, 0.717) is 0 Å². The molecular weight excluding hydrogens is 188 g/mol. The summed E-state index contributed by atoms with van der Waals surface area (Å²) >= 11 is 0. The normalized spacial score (nSPS) is 26.3. The van der Waals surface area contributed by atoms with Crippen molar-refractivity contribution in [2.75, 3.05) is 13.7 Å². The van der Waals surface area contributed by atoms with Gasteiger partial charge < -0.3 is 14.2 Å². The summed E-state index contributed by atoms with van der Waals surface area (Å²) in [4.78, 5) is 21.7. The molecule has 0 bridgehead atoms. The lowest BCUT2D eigenvalue weighted by Gasteiger charge is -2.23. The molecule has 0 radical (unpaired) electrons. The van der Waals surface area contributed by atoms with Crippen molar-refractivity contribution in [3.63, 3.8) is 0 Å². The largest absolute Gasteiger partial charge is 0.463 e. The van der Waals surface area contributed by atoms with E-state index >= 15 is 0 Å². The Kier molecular flexibility index (Phi) is 3.79. The Morgan fingerprint density at radius 1 is 1.64 bits per heavy atom. The molecule has 0 aliphatic carbocycles. The first-order valence-electron chi connectivity index (χ1n) is 4.17. The lowest BCUT2D eigenvalue weighted by Crippen LogP contribution is -2.36. The van der Waals surface area contributed by atoms with E-state index in [-0.39, 0.29) is 12.4 Å². The van der Waals surface area contributed by atoms with Gasteiger partial charge in [0, 0.05) is 14.0 Å². The van der Waals surface area contributed by atoms with Crippen LogP contribution in [0.1, 0.15) is 6.92 Å². The Labute approximate surface area is 81.6 Å². The smallest absolute Gasteiger partial charge is 0.302 e. The van der Waals surface area contributed by atoms with Gasteiger partial charge in [0.25, 0.3) is 0 Å². The molecule has 2 atom stereocenters. The third kappa shape index (κ3) is 2.93. The van der Waals surface area contributed by atoms with Crippen LogP contribution in [0, 0.1) is 0 Å². The first kappa shape index (κ1) is 10.9. The maximum Gasteiger partial charge on any atom is 0.302 e. The molecule has 1 aliphatic heterocycles. The van der Waals surface area contributed by atoms with Crippen molar-refractivity contribution in [2.45, 2.75) is 19.3 Å². The van der Waals surface area contributed by atoms with E-state index in [1.165, 1.54) is 26.2 Å². The molecule has 1 aliphatic rings. The number of rotatable bonds is 3. The molecule has 5 heteroatoms. The highest BCUT2D eigenvalue weighted by Gasteiger charge is 2.25. The molecule has 0 saturated carbocycles. The number of carbonyl (C=O) groups is 2. The Balaban J connectivity index is 2.48. The summed E-state index contributed by atoms with van der Waals surface area (Å²) in [5.74, 6) is -0.663. The SMILES string of the molecule is CO[C@@H]1C=CC(=O)[C@@H](COC(C)=O)O1. The molecule has 0 aromatic heterocycles. The molecule has 1 rings (SSSR count). The standard InChI is InChI=1S/C9H12O5/c1-6(10)13-5-8-7(11)3-4-9(12-2)14-8/h3-4,8-9H,5H2,1-2H3/t8-,9+/m1/s1. The zero-order valence-electron chi connectivity index (χ0n) is 8.06. The quantitative estimate of drug-likeness (QED) is 0.602. The van der Waals surface area contributed by atoms with Crippen LogP contribution in [0.15, 0.2) is 12.2 Å². The van der Waals surface area contributed by atoms with Gasteiger partial charge in [0.15, 0.2) is 18.2 Å². The van der Waals surface area contributed by atoms with Gasteiger partial charge in [0.05, 0.1) is 0 Å². The first-order chi connectivity index (χ1) is 6.63. The van der Waals surface area contributed by atoms with Crippen molar-refractivity contribution in [2.24, 2.45) is 0 Å². The molecule has 14 heavy (non-hydrogen) atoms. The summed E-state index contributed by atoms with van der Waals surface area (Å²) in [6.45, 7) is 1.20. The van der Waals surface area contributed by atoms with Crippen molar-refractivity contribution >= 4 is 11.8 Å². The molecule has 0 amide bonds. The molecule has 0 spiro atoms. The lowest BCUT2D eigenvalue weighted by molar-refractivity contribution is -0.169. The van der Waals surface area contributed by atoms with Gasteiger partial charge in [-0.05, 0) is 12.2 Å². The Hall–Kier alpha value is -1.20. The van der Waals surface area contributed by atoms with Gasteiger partial charge >= 0.3 is 5.97 Å². The van der Waals surface area contributed by atoms with Crippen molar-refractivity contribution < 1.29 is 23.8 Å². The molecule has 5 nitrogen and oxygen atoms in total. The average Bonchev–Trinajstić information content (AvgIpc) is 2.16. The van der Waals surface area contributed by atoms with Crippen LogP contribution >= 0.6 is 0 Å². The van der Waals surface area contributed by atoms with Gasteiger partial charge in [-0.1, -0.05) is 0 Å². The van der Waals surface area contributed by atoms with Crippen LogP contribution < -0.4 is 0 Å². The van der Waals surface area contributed by atoms with Crippen molar-refractivity contribution in [1.29, 1.82) is 0 Å². The van der Waals surface area contributed by atoms with E-state index in [2.05, 4.69) is 4.74 Å². The topological polar surface area (TPSA) is 61.8 Å². The highest BCUT2D eigenvalue weighted by Crippen LogP contribution is 2.10. The first-order valence-corrected chi connectivity index (χ1v) is 4.17. The minimum atomic E-state index is -0.756. The predicted octanol–water partition coefficient (Wildman–Crippen LogP) is 0.0461. The number of esters is 1. The van der Waals surface area contributed by atoms with E-state index in [9.17, 15) is 9.59 Å². The van der Waals surface area contributed by atoms with Gasteiger partial charge in [-0.25, -0.2) is 0 Å². The van der Waals surface area contributed by atoms with Crippen LogP contribution in [-0.2, 0) is 23.8 Å². The molecule has 1 heterocycles. The number of hydrogen-bond acceptors (Lipinski definition) is 5. The second kappa shape index (κ2) is 4.88. The molecular formula is C9H12O5. The molecule has 0 unspecified atom stereocenters. The Morgan fingerprint density at radius 3 is 2.93 bits per heavy atom. The van der Waals surface area contributed by atoms with Gasteiger partial charge in [0.1, 0.15) is 6.61 Å². The fourth-order valence-corrected chi connectivity index (χ4v) is 1.00. The van der Waals surface area contributed by atoms with E-state index in [1.54, 1.807) is 0 Å². The molecule has 78 valence electrons. The number of ether oxygens (including phenoxy) is 3. The van der Waals surface area contributed by atoms with E-state index in [1.807, 2.05) is 0 Å². The minimum absolute atomic E-state index is 0.0711. The maximum absolute atomic E-state index is 11.2. The third-order valence-corrected chi connectivity index (χ3v) is 1.70. The van der Waals surface area contributed by atoms with Crippen LogP contribution in [0.5, 0.6) is 0 Å². The number of carbonyl (C=O) groups excluding carboxylic acids is 2. The van der Waals surface area contributed by atoms with Gasteiger partial charge in [-0.2, -0.15) is 0 Å². The second-order valence-electron chi connectivity index (χ2n) is 2.79. The zero-order valence-corrected chi connectivity index (χ0v) is 8.06. The van der Waals surface area contributed by atoms with Crippen molar-refractivity contribution in [3.05, 3.63) is 12.2 Å². The summed E-state index contributed by atoms with van der Waals surface area (Å²) in [6, 6.07) is 0. The summed E-state index contributed by atoms with van der Waals surface area (Å²) in [6.07, 6.45) is 1.57. The van der Waals surface area contributed by atoms with Gasteiger partial charge in [0.2, 0.25) is 0 Å². The zero-order chi connectivity index (χ0) is 10.6. The molecule has 0 saturated heterocycles. The summed E-state index contributed by atoms with van der Waals surface area (Å²) in [5.41, 5.74) is 0. The van der Waals surface area contributed by atoms with E-state index in [0.717, 1.165) is 0 Å². The number of ketones is 1. The van der Waals surface area contributed by atoms with Crippen LogP contribution in [0.3, 0.4) is 0 Å². The maximum atomic E-state index is 11.2. The van der Waals surface area contributed by atoms with Crippen LogP contribution in [0.25, 0.3) is 0 Å². The predicted molar refractivity (Wildman–Crippen MR) is 46.5 cm³/mol. The van der Waals surface area contributed by atoms with E-state index < -0.39 is 18.4 Å². The fourth-order valence-electron chi connectivity index (χ4n) is 1.00. The van der Waals surface area contributed by atoms with Crippen LogP contribution in [-0.4, -0.2) is 37.9 Å². The molecule has 0 N–H and O–H groups in total. The van der Waals surface area contributed by atoms with E-state index in [4.69, 9.17) is 9.47 Å². The van der Waals surface area contributed by atoms with Gasteiger partial charge in [-0.3, -0.25) is 9.59 Å². The van der Waals surface area contributed by atoms with Crippen LogP contribution in [0.4, 0.5) is 0 Å². The number of methoxy groups -OCH3 is 1. The molecule has 0 aromatic rings. The van der Waals surface area contributed by atoms with Crippen molar-refractivity contribution in [3.8, 4) is 0 Å². The van der Waals surface area contributed by atoms with Crippen molar-refractivity contribution in [1.82, 2.24) is 0 Å². The average molecular weight is 200 g/mol. The monoisotopic (exact) mass is 200 g/mol. The summed E-state index contributed by atoms with van der Waals surface area (Å²) in [5, 5.41) is 0. The minimum Gasteiger partial charge on any atom is -0.463 e. The molecule has 0 fully saturated rings. The fraction of sp³-hybridized carbons (Fsp3) is 0.556. The Bertz CT molecular complexity index is 258. The highest BCUT2D eigenvalue weighted by atomic mass is 16.7. The highest BCUT2D eigenvalue weighted by molar-refractivity contribution is 5.94. The Morgan fingerprint density at radius 2 is 2.36 bits per heavy atom. The third-order valence-electron chi connectivity index (χ3n) is 1.70. The van der Waals surface area contributed by atoms with Gasteiger partial charge in [-0.15, -0.1) is 0 Å². The van der Waals surface area contributed by atoms with Crippen LogP contribution in [0.2, 0.25) is 0 Å². The second-order valence-corrected chi connectivity index (χ2v) is 2.79. The number of hydrogen-bond donors (Lipinski definition) is 0. The molecule has 0 aromatic carbocycles. The lowest BCUT2D eigenvalue weighted by atomic mass is 10.2.